The first-order valence-corrected chi connectivity index (χ1v) is 9.93. The van der Waals surface area contributed by atoms with Crippen molar-refractivity contribution in [2.24, 2.45) is 0 Å². The van der Waals surface area contributed by atoms with E-state index in [9.17, 15) is 8.42 Å². The van der Waals surface area contributed by atoms with Crippen molar-refractivity contribution in [1.29, 1.82) is 0 Å². The lowest BCUT2D eigenvalue weighted by Gasteiger charge is -2.33. The molecular formula is C15H27NO2S2. The quantitative estimate of drug-likeness (QED) is 0.801. The van der Waals surface area contributed by atoms with E-state index in [2.05, 4.69) is 31.3 Å². The Kier molecular flexibility index (Phi) is 6.23. The molecule has 1 N–H and O–H groups in total. The minimum absolute atomic E-state index is 0.0548. The second-order valence-electron chi connectivity index (χ2n) is 5.81. The molecule has 1 atom stereocenters. The number of hydrogen-bond donors (Lipinski definition) is 1. The molecule has 1 unspecified atom stereocenters. The lowest BCUT2D eigenvalue weighted by Crippen LogP contribution is -2.52. The van der Waals surface area contributed by atoms with Crippen molar-refractivity contribution in [3.63, 3.8) is 0 Å². The molecule has 0 aromatic carbocycles. The van der Waals surface area contributed by atoms with Gasteiger partial charge in [-0.2, -0.15) is 0 Å². The van der Waals surface area contributed by atoms with Crippen molar-refractivity contribution < 1.29 is 8.42 Å². The molecule has 1 aromatic heterocycles. The van der Waals surface area contributed by atoms with Crippen LogP contribution >= 0.6 is 11.3 Å². The molecule has 0 aliphatic carbocycles. The summed E-state index contributed by atoms with van der Waals surface area (Å²) in [4.78, 5) is 2.61. The zero-order valence-electron chi connectivity index (χ0n) is 13.2. The molecule has 0 bridgehead atoms. The first-order chi connectivity index (χ1) is 9.22. The minimum Gasteiger partial charge on any atom is -0.312 e. The summed E-state index contributed by atoms with van der Waals surface area (Å²) in [6.07, 6.45) is 4.14. The molecule has 3 nitrogen and oxygen atoms in total. The largest absolute Gasteiger partial charge is 0.312 e. The average molecular weight is 318 g/mol. The van der Waals surface area contributed by atoms with Crippen molar-refractivity contribution in [3.8, 4) is 0 Å². The molecule has 20 heavy (non-hydrogen) atoms. The molecule has 5 heteroatoms. The van der Waals surface area contributed by atoms with Gasteiger partial charge < -0.3 is 5.32 Å². The van der Waals surface area contributed by atoms with Gasteiger partial charge in [-0.3, -0.25) is 0 Å². The lowest BCUT2D eigenvalue weighted by molar-refractivity contribution is 0.408. The first-order valence-electron chi connectivity index (χ1n) is 7.23. The van der Waals surface area contributed by atoms with E-state index in [0.717, 1.165) is 25.8 Å². The van der Waals surface area contributed by atoms with Crippen LogP contribution in [-0.2, 0) is 22.7 Å². The Hall–Kier alpha value is -0.390. The molecule has 0 amide bonds. The van der Waals surface area contributed by atoms with E-state index >= 15 is 0 Å². The Morgan fingerprint density at radius 2 is 1.85 bits per heavy atom. The van der Waals surface area contributed by atoms with Crippen molar-refractivity contribution in [3.05, 3.63) is 21.9 Å². The summed E-state index contributed by atoms with van der Waals surface area (Å²) in [7, 11) is -3.11. The smallest absolute Gasteiger partial charge is 0.154 e. The van der Waals surface area contributed by atoms with Crippen LogP contribution in [0.5, 0.6) is 0 Å². The van der Waals surface area contributed by atoms with Crippen molar-refractivity contribution in [2.75, 3.05) is 12.8 Å². The number of sulfone groups is 1. The van der Waals surface area contributed by atoms with Crippen LogP contribution in [0.2, 0.25) is 0 Å². The average Bonchev–Trinajstić information content (AvgIpc) is 2.80. The van der Waals surface area contributed by atoms with E-state index in [0.29, 0.717) is 0 Å². The molecule has 0 fully saturated rings. The van der Waals surface area contributed by atoms with Gasteiger partial charge in [-0.25, -0.2) is 8.42 Å². The SMILES string of the molecule is CCCNC(Cc1ccc(CC)s1)C(C)(C)S(C)(=O)=O. The molecule has 0 aliphatic heterocycles. The van der Waals surface area contributed by atoms with E-state index < -0.39 is 14.6 Å². The topological polar surface area (TPSA) is 46.2 Å². The third kappa shape index (κ3) is 4.30. The van der Waals surface area contributed by atoms with Gasteiger partial charge in [0.25, 0.3) is 0 Å². The second-order valence-corrected chi connectivity index (χ2v) is 9.66. The van der Waals surface area contributed by atoms with E-state index in [1.807, 2.05) is 13.8 Å². The number of thiophene rings is 1. The first kappa shape index (κ1) is 17.7. The molecule has 116 valence electrons. The number of hydrogen-bond acceptors (Lipinski definition) is 4. The molecule has 1 heterocycles. The molecular weight excluding hydrogens is 290 g/mol. The predicted octanol–water partition coefficient (Wildman–Crippen LogP) is 3.04. The van der Waals surface area contributed by atoms with Gasteiger partial charge >= 0.3 is 0 Å². The maximum absolute atomic E-state index is 12.1. The molecule has 0 radical (unpaired) electrons. The highest BCUT2D eigenvalue weighted by Crippen LogP contribution is 2.26. The molecule has 0 aliphatic rings. The molecule has 0 spiro atoms. The van der Waals surface area contributed by atoms with Gasteiger partial charge in [-0.15, -0.1) is 11.3 Å². The Bertz CT molecular complexity index is 518. The standard InChI is InChI=1S/C15H27NO2S2/c1-6-10-16-14(15(3,4)20(5,17)18)11-13-9-8-12(7-2)19-13/h8-9,14,16H,6-7,10-11H2,1-5H3. The number of rotatable bonds is 8. The van der Waals surface area contributed by atoms with Crippen LogP contribution in [0.15, 0.2) is 12.1 Å². The Morgan fingerprint density at radius 1 is 1.25 bits per heavy atom. The zero-order chi connectivity index (χ0) is 15.4. The van der Waals surface area contributed by atoms with Gasteiger partial charge in [-0.1, -0.05) is 13.8 Å². The van der Waals surface area contributed by atoms with Crippen molar-refractivity contribution in [2.45, 2.75) is 57.7 Å². The van der Waals surface area contributed by atoms with Gasteiger partial charge in [0, 0.05) is 22.1 Å². The van der Waals surface area contributed by atoms with Crippen molar-refractivity contribution in [1.82, 2.24) is 5.32 Å². The Balaban J connectivity index is 2.94. The van der Waals surface area contributed by atoms with Gasteiger partial charge in [0.15, 0.2) is 9.84 Å². The van der Waals surface area contributed by atoms with Crippen LogP contribution in [0.25, 0.3) is 0 Å². The van der Waals surface area contributed by atoms with Crippen LogP contribution in [-0.4, -0.2) is 32.0 Å². The number of nitrogens with one attached hydrogen (secondary N) is 1. The molecule has 0 saturated heterocycles. The summed E-state index contributed by atoms with van der Waals surface area (Å²) in [5.41, 5.74) is 0. The monoisotopic (exact) mass is 317 g/mol. The molecule has 1 rings (SSSR count). The fourth-order valence-electron chi connectivity index (χ4n) is 2.06. The van der Waals surface area contributed by atoms with E-state index in [1.54, 1.807) is 11.3 Å². The van der Waals surface area contributed by atoms with Crippen LogP contribution in [0, 0.1) is 0 Å². The zero-order valence-corrected chi connectivity index (χ0v) is 14.8. The van der Waals surface area contributed by atoms with Crippen molar-refractivity contribution >= 4 is 21.2 Å². The summed E-state index contributed by atoms with van der Waals surface area (Å²) in [5, 5.41) is 3.42. The summed E-state index contributed by atoms with van der Waals surface area (Å²) in [5.74, 6) is 0. The Morgan fingerprint density at radius 3 is 2.30 bits per heavy atom. The second kappa shape index (κ2) is 7.05. The summed E-state index contributed by atoms with van der Waals surface area (Å²) >= 11 is 1.79. The highest BCUT2D eigenvalue weighted by Gasteiger charge is 2.38. The Labute approximate surface area is 127 Å². The van der Waals surface area contributed by atoms with E-state index in [4.69, 9.17) is 0 Å². The maximum Gasteiger partial charge on any atom is 0.154 e. The number of aryl methyl sites for hydroxylation is 1. The minimum atomic E-state index is -3.11. The van der Waals surface area contributed by atoms with E-state index in [-0.39, 0.29) is 6.04 Å². The third-order valence-electron chi connectivity index (χ3n) is 3.91. The normalized spacial score (nSPS) is 14.4. The fourth-order valence-corrected chi connectivity index (χ4v) is 3.75. The predicted molar refractivity (Wildman–Crippen MR) is 88.4 cm³/mol. The summed E-state index contributed by atoms with van der Waals surface area (Å²) in [6, 6.07) is 4.22. The molecule has 0 saturated carbocycles. The summed E-state index contributed by atoms with van der Waals surface area (Å²) < 4.78 is 23.4. The maximum atomic E-state index is 12.1. The molecule has 1 aromatic rings. The van der Waals surface area contributed by atoms with Gasteiger partial charge in [0.2, 0.25) is 0 Å². The van der Waals surface area contributed by atoms with Gasteiger partial charge in [0.05, 0.1) is 4.75 Å². The van der Waals surface area contributed by atoms with Gasteiger partial charge in [0.1, 0.15) is 0 Å². The van der Waals surface area contributed by atoms with Crippen LogP contribution in [0.3, 0.4) is 0 Å². The highest BCUT2D eigenvalue weighted by atomic mass is 32.2. The van der Waals surface area contributed by atoms with Gasteiger partial charge in [-0.05, 0) is 51.8 Å². The van der Waals surface area contributed by atoms with Crippen LogP contribution in [0.1, 0.15) is 43.9 Å². The van der Waals surface area contributed by atoms with Crippen LogP contribution in [0.4, 0.5) is 0 Å². The third-order valence-corrected chi connectivity index (χ3v) is 7.35. The summed E-state index contributed by atoms with van der Waals surface area (Å²) in [6.45, 7) is 8.73. The highest BCUT2D eigenvalue weighted by molar-refractivity contribution is 7.92. The lowest BCUT2D eigenvalue weighted by atomic mass is 9.99. The van der Waals surface area contributed by atoms with Crippen LogP contribution < -0.4 is 5.32 Å². The fraction of sp³-hybridized carbons (Fsp3) is 0.733. The van der Waals surface area contributed by atoms with E-state index in [1.165, 1.54) is 16.0 Å².